The number of nitrogens with zero attached hydrogens (tertiary/aromatic N) is 3. The Balaban J connectivity index is 1.39. The van der Waals surface area contributed by atoms with Gasteiger partial charge in [-0.25, -0.2) is 0 Å². The second-order valence-electron chi connectivity index (χ2n) is 6.25. The normalized spacial score (nSPS) is 15.7. The first-order chi connectivity index (χ1) is 11.2. The number of likely N-dealkylation sites (tertiary alicyclic amines) is 1. The largest absolute Gasteiger partial charge is 0.461 e. The lowest BCUT2D eigenvalue weighted by atomic mass is 9.97. The second kappa shape index (κ2) is 5.66. The van der Waals surface area contributed by atoms with Crippen molar-refractivity contribution in [3.63, 3.8) is 0 Å². The third kappa shape index (κ3) is 2.80. The van der Waals surface area contributed by atoms with Crippen LogP contribution in [0.2, 0.25) is 0 Å². The van der Waals surface area contributed by atoms with E-state index in [2.05, 4.69) is 47.1 Å². The topological polar surface area (TPSA) is 55.3 Å². The van der Waals surface area contributed by atoms with Gasteiger partial charge < -0.3 is 8.94 Å². The number of furan rings is 1. The van der Waals surface area contributed by atoms with E-state index in [9.17, 15) is 0 Å². The van der Waals surface area contributed by atoms with Crippen LogP contribution in [0.5, 0.6) is 0 Å². The van der Waals surface area contributed by atoms with Crippen molar-refractivity contribution < 1.29 is 8.94 Å². The van der Waals surface area contributed by atoms with Crippen molar-refractivity contribution in [2.75, 3.05) is 13.1 Å². The number of rotatable bonds is 4. The zero-order chi connectivity index (χ0) is 15.8. The minimum atomic E-state index is 0.316. The summed E-state index contributed by atoms with van der Waals surface area (Å²) in [5.41, 5.74) is 4.05. The van der Waals surface area contributed by atoms with Crippen molar-refractivity contribution in [2.24, 2.45) is 0 Å². The van der Waals surface area contributed by atoms with E-state index in [1.165, 1.54) is 16.7 Å². The Morgan fingerprint density at radius 2 is 2.09 bits per heavy atom. The molecule has 0 saturated carbocycles. The Morgan fingerprint density at radius 1 is 1.22 bits per heavy atom. The average molecular weight is 309 g/mol. The Kier molecular flexibility index (Phi) is 3.50. The zero-order valence-corrected chi connectivity index (χ0v) is 13.3. The molecule has 0 bridgehead atoms. The first-order valence-electron chi connectivity index (χ1n) is 7.85. The van der Waals surface area contributed by atoms with Crippen LogP contribution < -0.4 is 0 Å². The minimum Gasteiger partial charge on any atom is -0.461 e. The van der Waals surface area contributed by atoms with Crippen LogP contribution in [-0.2, 0) is 6.54 Å². The summed E-state index contributed by atoms with van der Waals surface area (Å²) >= 11 is 0. The maximum Gasteiger partial charge on any atom is 0.238 e. The molecular formula is C18H19N3O2. The summed E-state index contributed by atoms with van der Waals surface area (Å²) in [6, 6.07) is 10.3. The number of benzene rings is 1. The first-order valence-corrected chi connectivity index (χ1v) is 7.85. The Morgan fingerprint density at radius 3 is 2.87 bits per heavy atom. The molecule has 3 heterocycles. The molecule has 1 aromatic carbocycles. The van der Waals surface area contributed by atoms with Crippen molar-refractivity contribution in [3.05, 3.63) is 59.2 Å². The van der Waals surface area contributed by atoms with Crippen LogP contribution in [0.4, 0.5) is 0 Å². The monoisotopic (exact) mass is 309 g/mol. The summed E-state index contributed by atoms with van der Waals surface area (Å²) in [6.45, 7) is 7.18. The van der Waals surface area contributed by atoms with Gasteiger partial charge in [-0.2, -0.15) is 4.98 Å². The van der Waals surface area contributed by atoms with Gasteiger partial charge in [-0.3, -0.25) is 4.90 Å². The van der Waals surface area contributed by atoms with E-state index in [0.717, 1.165) is 19.6 Å². The maximum absolute atomic E-state index is 5.39. The molecule has 5 nitrogen and oxygen atoms in total. The van der Waals surface area contributed by atoms with Gasteiger partial charge in [0.15, 0.2) is 5.76 Å². The molecule has 1 aliphatic rings. The molecular weight excluding hydrogens is 290 g/mol. The number of hydrogen-bond acceptors (Lipinski definition) is 5. The van der Waals surface area contributed by atoms with Crippen LogP contribution in [0.15, 0.2) is 45.5 Å². The summed E-state index contributed by atoms with van der Waals surface area (Å²) < 4.78 is 10.7. The van der Waals surface area contributed by atoms with Crippen LogP contribution in [0.3, 0.4) is 0 Å². The lowest BCUT2D eigenvalue weighted by molar-refractivity contribution is 0.117. The second-order valence-corrected chi connectivity index (χ2v) is 6.25. The Hall–Kier alpha value is -2.40. The molecule has 0 amide bonds. The van der Waals surface area contributed by atoms with Gasteiger partial charge in [-0.1, -0.05) is 28.9 Å². The van der Waals surface area contributed by atoms with E-state index in [4.69, 9.17) is 8.94 Å². The predicted molar refractivity (Wildman–Crippen MR) is 85.9 cm³/mol. The maximum atomic E-state index is 5.39. The van der Waals surface area contributed by atoms with E-state index in [1.807, 2.05) is 12.1 Å². The molecule has 0 spiro atoms. The van der Waals surface area contributed by atoms with Gasteiger partial charge in [0.25, 0.3) is 0 Å². The van der Waals surface area contributed by atoms with Crippen molar-refractivity contribution in [2.45, 2.75) is 26.3 Å². The summed E-state index contributed by atoms with van der Waals surface area (Å²) in [5.74, 6) is 2.19. The Bertz CT molecular complexity index is 802. The highest BCUT2D eigenvalue weighted by Gasteiger charge is 2.33. The SMILES string of the molecule is Cc1ccc(C)c(CN2CC(c3nc(-c4ccco4)no3)C2)c1. The highest BCUT2D eigenvalue weighted by molar-refractivity contribution is 5.44. The van der Waals surface area contributed by atoms with Crippen molar-refractivity contribution in [1.29, 1.82) is 0 Å². The van der Waals surface area contributed by atoms with Gasteiger partial charge in [0, 0.05) is 19.6 Å². The molecule has 1 saturated heterocycles. The van der Waals surface area contributed by atoms with Crippen LogP contribution in [0.1, 0.15) is 28.5 Å². The number of aryl methyl sites for hydroxylation is 2. The molecule has 0 aliphatic carbocycles. The molecule has 118 valence electrons. The standard InChI is InChI=1S/C18H19N3O2/c1-12-5-6-13(2)14(8-12)9-21-10-15(11-21)18-19-17(20-23-18)16-4-3-7-22-16/h3-8,15H,9-11H2,1-2H3. The molecule has 1 aliphatic heterocycles. The fraction of sp³-hybridized carbons (Fsp3) is 0.333. The smallest absolute Gasteiger partial charge is 0.238 e. The molecule has 0 unspecified atom stereocenters. The average Bonchev–Trinajstić information content (AvgIpc) is 3.16. The molecule has 0 radical (unpaired) electrons. The summed E-state index contributed by atoms with van der Waals surface area (Å²) in [5, 5.41) is 4.00. The third-order valence-corrected chi connectivity index (χ3v) is 4.39. The third-order valence-electron chi connectivity index (χ3n) is 4.39. The molecule has 2 aromatic heterocycles. The van der Waals surface area contributed by atoms with Crippen molar-refractivity contribution in [1.82, 2.24) is 15.0 Å². The van der Waals surface area contributed by atoms with E-state index < -0.39 is 0 Å². The van der Waals surface area contributed by atoms with Crippen LogP contribution in [-0.4, -0.2) is 28.1 Å². The molecule has 4 rings (SSSR count). The van der Waals surface area contributed by atoms with Gasteiger partial charge in [0.1, 0.15) is 0 Å². The van der Waals surface area contributed by atoms with Gasteiger partial charge in [-0.15, -0.1) is 0 Å². The summed E-state index contributed by atoms with van der Waals surface area (Å²) in [6.07, 6.45) is 1.61. The van der Waals surface area contributed by atoms with Crippen LogP contribution >= 0.6 is 0 Å². The van der Waals surface area contributed by atoms with E-state index in [-0.39, 0.29) is 0 Å². The highest BCUT2D eigenvalue weighted by Crippen LogP contribution is 2.29. The molecule has 5 heteroatoms. The van der Waals surface area contributed by atoms with Gasteiger partial charge in [0.2, 0.25) is 11.7 Å². The van der Waals surface area contributed by atoms with Crippen molar-refractivity contribution in [3.8, 4) is 11.6 Å². The summed E-state index contributed by atoms with van der Waals surface area (Å²) in [7, 11) is 0. The van der Waals surface area contributed by atoms with E-state index in [1.54, 1.807) is 6.26 Å². The van der Waals surface area contributed by atoms with Crippen molar-refractivity contribution >= 4 is 0 Å². The lowest BCUT2D eigenvalue weighted by Crippen LogP contribution is -2.44. The van der Waals surface area contributed by atoms with Gasteiger partial charge >= 0.3 is 0 Å². The molecule has 3 aromatic rings. The van der Waals surface area contributed by atoms with E-state index in [0.29, 0.717) is 23.4 Å². The molecule has 1 fully saturated rings. The lowest BCUT2D eigenvalue weighted by Gasteiger charge is -2.37. The fourth-order valence-corrected chi connectivity index (χ4v) is 2.97. The molecule has 23 heavy (non-hydrogen) atoms. The van der Waals surface area contributed by atoms with Crippen LogP contribution in [0.25, 0.3) is 11.6 Å². The zero-order valence-electron chi connectivity index (χ0n) is 13.3. The fourth-order valence-electron chi connectivity index (χ4n) is 2.97. The minimum absolute atomic E-state index is 0.316. The van der Waals surface area contributed by atoms with Crippen LogP contribution in [0, 0.1) is 13.8 Å². The number of aromatic nitrogens is 2. The predicted octanol–water partition coefficient (Wildman–Crippen LogP) is 3.55. The van der Waals surface area contributed by atoms with Gasteiger partial charge in [-0.05, 0) is 37.1 Å². The molecule has 0 N–H and O–H groups in total. The van der Waals surface area contributed by atoms with E-state index >= 15 is 0 Å². The number of hydrogen-bond donors (Lipinski definition) is 0. The quantitative estimate of drug-likeness (QED) is 0.737. The summed E-state index contributed by atoms with van der Waals surface area (Å²) in [4.78, 5) is 6.86. The van der Waals surface area contributed by atoms with Gasteiger partial charge in [0.05, 0.1) is 12.2 Å². The first kappa shape index (κ1) is 14.2. The Labute approximate surface area is 134 Å². The highest BCUT2D eigenvalue weighted by atomic mass is 16.5. The molecule has 0 atom stereocenters.